The van der Waals surface area contributed by atoms with Crippen LogP contribution in [0, 0.1) is 0 Å². The van der Waals surface area contributed by atoms with Crippen molar-refractivity contribution in [2.24, 2.45) is 0 Å². The van der Waals surface area contributed by atoms with Gasteiger partial charge >= 0.3 is 0 Å². The highest BCUT2D eigenvalue weighted by atomic mass is 16.7. The largest absolute Gasteiger partial charge is 0.454 e. The fourth-order valence-corrected chi connectivity index (χ4v) is 4.72. The maximum absolute atomic E-state index is 13.3. The van der Waals surface area contributed by atoms with E-state index < -0.39 is 11.5 Å². The van der Waals surface area contributed by atoms with Gasteiger partial charge in [-0.2, -0.15) is 0 Å². The number of carbonyl (C=O) groups is 1. The van der Waals surface area contributed by atoms with Crippen molar-refractivity contribution in [2.45, 2.75) is 50.5 Å². The zero-order valence-electron chi connectivity index (χ0n) is 19.2. The van der Waals surface area contributed by atoms with Crippen molar-refractivity contribution < 1.29 is 24.5 Å². The number of nitrogens with one attached hydrogen (secondary N) is 1. The van der Waals surface area contributed by atoms with E-state index in [4.69, 9.17) is 9.47 Å². The van der Waals surface area contributed by atoms with Crippen LogP contribution < -0.4 is 14.8 Å². The molecule has 0 unspecified atom stereocenters. The number of ether oxygens (including phenoxy) is 2. The fourth-order valence-electron chi connectivity index (χ4n) is 4.72. The molecule has 33 heavy (non-hydrogen) atoms. The van der Waals surface area contributed by atoms with E-state index >= 15 is 0 Å². The summed E-state index contributed by atoms with van der Waals surface area (Å²) in [6.45, 7) is 6.22. The second kappa shape index (κ2) is 7.78. The molecule has 0 spiro atoms. The number of aliphatic hydroxyl groups is 2. The van der Waals surface area contributed by atoms with Crippen LogP contribution >= 0.6 is 0 Å². The molecule has 3 aromatic rings. The Balaban J connectivity index is 1.45. The average molecular weight is 451 g/mol. The van der Waals surface area contributed by atoms with E-state index in [-0.39, 0.29) is 31.3 Å². The number of aliphatic hydroxyl groups excluding tert-OH is 2. The van der Waals surface area contributed by atoms with Crippen LogP contribution in [0.3, 0.4) is 0 Å². The number of nitrogens with zero attached hydrogens (tertiary/aromatic N) is 1. The quantitative estimate of drug-likeness (QED) is 0.530. The number of hydrogen-bond acceptors (Lipinski definition) is 5. The molecular formula is C26H30N2O5. The van der Waals surface area contributed by atoms with Gasteiger partial charge in [0.15, 0.2) is 11.5 Å². The Morgan fingerprint density at radius 2 is 1.79 bits per heavy atom. The highest BCUT2D eigenvalue weighted by molar-refractivity contribution is 6.02. The van der Waals surface area contributed by atoms with Crippen molar-refractivity contribution in [1.82, 2.24) is 4.57 Å². The lowest BCUT2D eigenvalue weighted by atomic mass is 9.91. The Morgan fingerprint density at radius 1 is 1.06 bits per heavy atom. The number of carbonyl (C=O) groups excluding carboxylic acids is 1. The van der Waals surface area contributed by atoms with E-state index in [0.717, 1.165) is 40.7 Å². The molecule has 2 aliphatic rings. The van der Waals surface area contributed by atoms with Gasteiger partial charge in [-0.05, 0) is 54.8 Å². The van der Waals surface area contributed by atoms with E-state index in [1.54, 1.807) is 0 Å². The Morgan fingerprint density at radius 3 is 2.45 bits per heavy atom. The number of rotatable bonds is 6. The van der Waals surface area contributed by atoms with Crippen molar-refractivity contribution in [2.75, 3.05) is 25.3 Å². The minimum Gasteiger partial charge on any atom is -0.454 e. The minimum absolute atomic E-state index is 0.0280. The molecule has 2 aromatic carbocycles. The first-order valence-corrected chi connectivity index (χ1v) is 11.4. The van der Waals surface area contributed by atoms with Gasteiger partial charge in [0, 0.05) is 27.7 Å². The number of benzene rings is 2. The van der Waals surface area contributed by atoms with E-state index in [9.17, 15) is 15.0 Å². The molecule has 7 heteroatoms. The second-order valence-electron chi connectivity index (χ2n) is 10.0. The van der Waals surface area contributed by atoms with Crippen molar-refractivity contribution in [3.8, 4) is 11.5 Å². The molecule has 1 fully saturated rings. The van der Waals surface area contributed by atoms with E-state index in [2.05, 4.69) is 32.2 Å². The van der Waals surface area contributed by atoms with Crippen LogP contribution in [0.25, 0.3) is 10.9 Å². The topological polar surface area (TPSA) is 93.0 Å². The summed E-state index contributed by atoms with van der Waals surface area (Å²) in [6, 6.07) is 13.2. The van der Waals surface area contributed by atoms with Gasteiger partial charge in [0.2, 0.25) is 12.7 Å². The van der Waals surface area contributed by atoms with Crippen LogP contribution in [0.2, 0.25) is 0 Å². The third-order valence-corrected chi connectivity index (χ3v) is 6.76. The monoisotopic (exact) mass is 450 g/mol. The Labute approximate surface area is 192 Å². The molecule has 7 nitrogen and oxygen atoms in total. The molecule has 3 N–H and O–H groups in total. The lowest BCUT2D eigenvalue weighted by Crippen LogP contribution is -2.27. The highest BCUT2D eigenvalue weighted by Crippen LogP contribution is 2.51. The lowest BCUT2D eigenvalue weighted by molar-refractivity contribution is -0.118. The fraction of sp³-hybridized carbons (Fsp3) is 0.423. The van der Waals surface area contributed by atoms with Gasteiger partial charge in [0.05, 0.1) is 24.7 Å². The molecule has 1 aliphatic heterocycles. The third-order valence-electron chi connectivity index (χ3n) is 6.76. The van der Waals surface area contributed by atoms with E-state index in [1.807, 2.05) is 41.0 Å². The molecule has 1 amide bonds. The first-order chi connectivity index (χ1) is 15.8. The number of amides is 1. The number of aromatic nitrogens is 1. The summed E-state index contributed by atoms with van der Waals surface area (Å²) in [5.74, 6) is 1.37. The van der Waals surface area contributed by atoms with Gasteiger partial charge in [0.1, 0.15) is 0 Å². The zero-order chi connectivity index (χ0) is 23.4. The lowest BCUT2D eigenvalue weighted by Gasteiger charge is -2.26. The first-order valence-electron chi connectivity index (χ1n) is 11.4. The summed E-state index contributed by atoms with van der Waals surface area (Å²) in [6.07, 6.45) is 1.58. The van der Waals surface area contributed by atoms with E-state index in [1.165, 1.54) is 0 Å². The molecular weight excluding hydrogens is 420 g/mol. The standard InChI is InChI=1S/C26H30N2O5/c1-25(2,3)23-11-16-10-18(5-6-20(16)28(23)19(13-29)14-30)27-24(31)26(8-9-26)17-4-7-21-22(12-17)33-15-32-21/h4-7,10-12,19,29-30H,8-9,13-15H2,1-3H3,(H,27,31). The molecule has 0 atom stereocenters. The summed E-state index contributed by atoms with van der Waals surface area (Å²) in [7, 11) is 0. The third kappa shape index (κ3) is 3.65. The van der Waals surface area contributed by atoms with Gasteiger partial charge in [-0.15, -0.1) is 0 Å². The van der Waals surface area contributed by atoms with Crippen molar-refractivity contribution >= 4 is 22.5 Å². The van der Waals surface area contributed by atoms with Crippen LogP contribution in [-0.2, 0) is 15.6 Å². The van der Waals surface area contributed by atoms with Crippen LogP contribution in [-0.4, -0.2) is 40.7 Å². The van der Waals surface area contributed by atoms with Gasteiger partial charge in [-0.3, -0.25) is 4.79 Å². The minimum atomic E-state index is -0.544. The van der Waals surface area contributed by atoms with Crippen LogP contribution in [0.1, 0.15) is 50.9 Å². The van der Waals surface area contributed by atoms with Crippen molar-refractivity contribution in [1.29, 1.82) is 0 Å². The molecule has 174 valence electrons. The van der Waals surface area contributed by atoms with Crippen LogP contribution in [0.5, 0.6) is 11.5 Å². The molecule has 0 saturated heterocycles. The molecule has 0 bridgehead atoms. The maximum atomic E-state index is 13.3. The summed E-state index contributed by atoms with van der Waals surface area (Å²) in [5, 5.41) is 23.7. The summed E-state index contributed by atoms with van der Waals surface area (Å²) >= 11 is 0. The summed E-state index contributed by atoms with van der Waals surface area (Å²) in [5.41, 5.74) is 2.89. The predicted octanol–water partition coefficient (Wildman–Crippen LogP) is 3.86. The number of hydrogen-bond donors (Lipinski definition) is 3. The normalized spacial score (nSPS) is 16.4. The maximum Gasteiger partial charge on any atom is 0.235 e. The Bertz CT molecular complexity index is 1220. The van der Waals surface area contributed by atoms with Crippen LogP contribution in [0.4, 0.5) is 5.69 Å². The highest BCUT2D eigenvalue weighted by Gasteiger charge is 2.51. The molecule has 1 aliphatic carbocycles. The molecule has 0 radical (unpaired) electrons. The smallest absolute Gasteiger partial charge is 0.235 e. The van der Waals surface area contributed by atoms with Gasteiger partial charge in [0.25, 0.3) is 0 Å². The summed E-state index contributed by atoms with van der Waals surface area (Å²) in [4.78, 5) is 13.3. The van der Waals surface area contributed by atoms with Crippen LogP contribution in [0.15, 0.2) is 42.5 Å². The van der Waals surface area contributed by atoms with E-state index in [0.29, 0.717) is 11.5 Å². The molecule has 1 saturated carbocycles. The van der Waals surface area contributed by atoms with Crippen molar-refractivity contribution in [3.63, 3.8) is 0 Å². The van der Waals surface area contributed by atoms with Gasteiger partial charge < -0.3 is 29.6 Å². The zero-order valence-corrected chi connectivity index (χ0v) is 19.2. The molecule has 1 aromatic heterocycles. The second-order valence-corrected chi connectivity index (χ2v) is 10.0. The number of anilines is 1. The summed E-state index contributed by atoms with van der Waals surface area (Å²) < 4.78 is 12.9. The van der Waals surface area contributed by atoms with Gasteiger partial charge in [-0.25, -0.2) is 0 Å². The Hall–Kier alpha value is -3.03. The van der Waals surface area contributed by atoms with Crippen molar-refractivity contribution in [3.05, 3.63) is 53.7 Å². The number of fused-ring (bicyclic) bond motifs is 2. The Kier molecular flexibility index (Phi) is 5.14. The first kappa shape index (κ1) is 21.8. The average Bonchev–Trinajstić information content (AvgIpc) is 3.31. The van der Waals surface area contributed by atoms with Gasteiger partial charge in [-0.1, -0.05) is 26.8 Å². The predicted molar refractivity (Wildman–Crippen MR) is 126 cm³/mol. The molecule has 2 heterocycles. The SMILES string of the molecule is CC(C)(C)c1cc2cc(NC(=O)C3(c4ccc5c(c4)OCO5)CC3)ccc2n1C(CO)CO. The molecule has 5 rings (SSSR count).